The summed E-state index contributed by atoms with van der Waals surface area (Å²) in [4.78, 5) is 11.5. The second-order valence-electron chi connectivity index (χ2n) is 4.94. The van der Waals surface area contributed by atoms with Gasteiger partial charge in [-0.15, -0.1) is 10.2 Å². The van der Waals surface area contributed by atoms with Gasteiger partial charge in [-0.25, -0.2) is 8.78 Å². The van der Waals surface area contributed by atoms with Gasteiger partial charge in [0.15, 0.2) is 5.69 Å². The second kappa shape index (κ2) is 6.41. The van der Waals surface area contributed by atoms with Crippen LogP contribution in [0.2, 0.25) is 0 Å². The number of nitrogens with two attached hydrogens (primary N) is 1. The largest absolute Gasteiger partial charge is 0.364 e. The number of amides is 1. The molecule has 0 aliphatic rings. The van der Waals surface area contributed by atoms with Crippen LogP contribution in [0.15, 0.2) is 54.6 Å². The second-order valence-corrected chi connectivity index (χ2v) is 4.94. The number of carbonyl (C=O) groups excluding carboxylic acids is 1. The van der Waals surface area contributed by atoms with Gasteiger partial charge >= 0.3 is 0 Å². The summed E-state index contributed by atoms with van der Waals surface area (Å²) >= 11 is 0. The van der Waals surface area contributed by atoms with Gasteiger partial charge in [0, 0.05) is 5.69 Å². The third-order valence-electron chi connectivity index (χ3n) is 3.30. The molecule has 0 spiro atoms. The Labute approximate surface area is 136 Å². The smallest absolute Gasteiger partial charge is 0.271 e. The lowest BCUT2D eigenvalue weighted by molar-refractivity contribution is 0.0995. The molecule has 0 fully saturated rings. The van der Waals surface area contributed by atoms with Gasteiger partial charge in [0.25, 0.3) is 5.91 Å². The third-order valence-corrected chi connectivity index (χ3v) is 3.30. The molecule has 24 heavy (non-hydrogen) atoms. The first-order valence-electron chi connectivity index (χ1n) is 7.00. The quantitative estimate of drug-likeness (QED) is 0.771. The molecule has 3 N–H and O–H groups in total. The first-order chi connectivity index (χ1) is 11.6. The molecule has 3 aromatic rings. The van der Waals surface area contributed by atoms with E-state index in [1.165, 1.54) is 12.1 Å². The van der Waals surface area contributed by atoms with Crippen molar-refractivity contribution < 1.29 is 13.6 Å². The molecule has 2 aromatic carbocycles. The van der Waals surface area contributed by atoms with Crippen LogP contribution in [0.25, 0.3) is 11.3 Å². The van der Waals surface area contributed by atoms with Crippen LogP contribution in [-0.2, 0) is 0 Å². The molecular weight excluding hydrogens is 314 g/mol. The normalized spacial score (nSPS) is 10.4. The van der Waals surface area contributed by atoms with E-state index in [1.54, 1.807) is 24.3 Å². The van der Waals surface area contributed by atoms with Crippen molar-refractivity contribution in [3.63, 3.8) is 0 Å². The Morgan fingerprint density at radius 1 is 0.958 bits per heavy atom. The highest BCUT2D eigenvalue weighted by Crippen LogP contribution is 2.28. The summed E-state index contributed by atoms with van der Waals surface area (Å²) in [6, 6.07) is 13.7. The predicted molar refractivity (Wildman–Crippen MR) is 85.6 cm³/mol. The van der Waals surface area contributed by atoms with Crippen LogP contribution < -0.4 is 11.1 Å². The fraction of sp³-hybridized carbons (Fsp3) is 0. The molecule has 0 aliphatic heterocycles. The number of anilines is 2. The van der Waals surface area contributed by atoms with Gasteiger partial charge in [0.05, 0.1) is 11.3 Å². The number of hydrogen-bond donors (Lipinski definition) is 2. The van der Waals surface area contributed by atoms with E-state index in [1.807, 2.05) is 6.07 Å². The molecule has 5 nitrogen and oxygen atoms in total. The fourth-order valence-electron chi connectivity index (χ4n) is 2.21. The highest BCUT2D eigenvalue weighted by atomic mass is 19.1. The number of aromatic nitrogens is 2. The topological polar surface area (TPSA) is 80.9 Å². The van der Waals surface area contributed by atoms with Crippen LogP contribution in [0.4, 0.5) is 20.2 Å². The highest BCUT2D eigenvalue weighted by molar-refractivity contribution is 5.97. The standard InChI is InChI=1S/C17H12F2N4O/c18-11-7-4-8-12(19)15(11)13-9-14(16(17(20)24)23-22-13)21-10-5-2-1-3-6-10/h1-9H,(H2,20,24)(H,21,22). The minimum Gasteiger partial charge on any atom is -0.364 e. The zero-order chi connectivity index (χ0) is 17.1. The molecule has 0 saturated carbocycles. The summed E-state index contributed by atoms with van der Waals surface area (Å²) in [5.74, 6) is -2.36. The molecular formula is C17H12F2N4O. The molecule has 3 rings (SSSR count). The van der Waals surface area contributed by atoms with E-state index < -0.39 is 17.5 Å². The lowest BCUT2D eigenvalue weighted by atomic mass is 10.1. The van der Waals surface area contributed by atoms with Gasteiger partial charge in [-0.2, -0.15) is 0 Å². The molecule has 1 heterocycles. The van der Waals surface area contributed by atoms with E-state index in [0.717, 1.165) is 12.1 Å². The predicted octanol–water partition coefficient (Wildman–Crippen LogP) is 3.26. The van der Waals surface area contributed by atoms with Crippen molar-refractivity contribution in [2.75, 3.05) is 5.32 Å². The number of benzene rings is 2. The van der Waals surface area contributed by atoms with Crippen molar-refractivity contribution in [3.8, 4) is 11.3 Å². The Kier molecular flexibility index (Phi) is 4.15. The maximum Gasteiger partial charge on any atom is 0.271 e. The highest BCUT2D eigenvalue weighted by Gasteiger charge is 2.18. The molecule has 1 amide bonds. The lowest BCUT2D eigenvalue weighted by Crippen LogP contribution is -2.16. The van der Waals surface area contributed by atoms with Crippen LogP contribution in [0, 0.1) is 11.6 Å². The Bertz CT molecular complexity index is 880. The number of rotatable bonds is 4. The van der Waals surface area contributed by atoms with Crippen molar-refractivity contribution in [1.29, 1.82) is 0 Å². The zero-order valence-corrected chi connectivity index (χ0v) is 12.3. The Balaban J connectivity index is 2.11. The molecule has 0 radical (unpaired) electrons. The first-order valence-corrected chi connectivity index (χ1v) is 7.00. The number of para-hydroxylation sites is 1. The Hall–Kier alpha value is -3.35. The molecule has 0 bridgehead atoms. The average molecular weight is 326 g/mol. The summed E-state index contributed by atoms with van der Waals surface area (Å²) < 4.78 is 27.9. The molecule has 120 valence electrons. The van der Waals surface area contributed by atoms with Gasteiger partial charge in [-0.3, -0.25) is 4.79 Å². The van der Waals surface area contributed by atoms with Crippen LogP contribution in [0.1, 0.15) is 10.5 Å². The van der Waals surface area contributed by atoms with E-state index in [4.69, 9.17) is 5.73 Å². The van der Waals surface area contributed by atoms with E-state index in [2.05, 4.69) is 15.5 Å². The molecule has 7 heteroatoms. The molecule has 1 aromatic heterocycles. The minimum atomic E-state index is -0.804. The van der Waals surface area contributed by atoms with Gasteiger partial charge in [-0.1, -0.05) is 24.3 Å². The minimum absolute atomic E-state index is 0.0472. The Morgan fingerprint density at radius 3 is 2.25 bits per heavy atom. The number of nitrogens with zero attached hydrogens (tertiary/aromatic N) is 2. The van der Waals surface area contributed by atoms with E-state index in [9.17, 15) is 13.6 Å². The third kappa shape index (κ3) is 3.05. The van der Waals surface area contributed by atoms with Crippen molar-refractivity contribution in [3.05, 3.63) is 71.9 Å². The lowest BCUT2D eigenvalue weighted by Gasteiger charge is -2.11. The van der Waals surface area contributed by atoms with E-state index in [0.29, 0.717) is 5.69 Å². The van der Waals surface area contributed by atoms with Gasteiger partial charge in [0.2, 0.25) is 0 Å². The summed E-state index contributed by atoms with van der Waals surface area (Å²) in [6.07, 6.45) is 0. The van der Waals surface area contributed by atoms with Crippen molar-refractivity contribution in [2.45, 2.75) is 0 Å². The summed E-state index contributed by atoms with van der Waals surface area (Å²) in [5, 5.41) is 10.4. The van der Waals surface area contributed by atoms with Gasteiger partial charge in [-0.05, 0) is 30.3 Å². The van der Waals surface area contributed by atoms with Crippen LogP contribution >= 0.6 is 0 Å². The number of carbonyl (C=O) groups is 1. The Morgan fingerprint density at radius 2 is 1.62 bits per heavy atom. The summed E-state index contributed by atoms with van der Waals surface area (Å²) in [7, 11) is 0. The van der Waals surface area contributed by atoms with Gasteiger partial charge in [0.1, 0.15) is 17.3 Å². The number of halogens is 2. The summed E-state index contributed by atoms with van der Waals surface area (Å²) in [6.45, 7) is 0. The van der Waals surface area contributed by atoms with Gasteiger partial charge < -0.3 is 11.1 Å². The average Bonchev–Trinajstić information content (AvgIpc) is 2.55. The number of nitrogens with one attached hydrogen (secondary N) is 1. The van der Waals surface area contributed by atoms with E-state index in [-0.39, 0.29) is 22.6 Å². The maximum absolute atomic E-state index is 13.9. The maximum atomic E-state index is 13.9. The fourth-order valence-corrected chi connectivity index (χ4v) is 2.21. The monoisotopic (exact) mass is 326 g/mol. The van der Waals surface area contributed by atoms with Crippen molar-refractivity contribution in [2.24, 2.45) is 5.73 Å². The van der Waals surface area contributed by atoms with E-state index >= 15 is 0 Å². The SMILES string of the molecule is NC(=O)c1nnc(-c2c(F)cccc2F)cc1Nc1ccccc1. The van der Waals surface area contributed by atoms with Crippen molar-refractivity contribution in [1.82, 2.24) is 10.2 Å². The molecule has 0 atom stereocenters. The zero-order valence-electron chi connectivity index (χ0n) is 12.3. The number of primary amides is 1. The molecule has 0 saturated heterocycles. The van der Waals surface area contributed by atoms with Crippen LogP contribution in [0.3, 0.4) is 0 Å². The first kappa shape index (κ1) is 15.5. The molecule has 0 aliphatic carbocycles. The van der Waals surface area contributed by atoms with Crippen LogP contribution in [0.5, 0.6) is 0 Å². The molecule has 0 unspecified atom stereocenters. The number of hydrogen-bond acceptors (Lipinski definition) is 4. The van der Waals surface area contributed by atoms with Crippen molar-refractivity contribution >= 4 is 17.3 Å². The van der Waals surface area contributed by atoms with Crippen LogP contribution in [-0.4, -0.2) is 16.1 Å². The summed E-state index contributed by atoms with van der Waals surface area (Å²) in [5.41, 5.74) is 5.66.